The number of benzene rings is 1. The van der Waals surface area contributed by atoms with Crippen molar-refractivity contribution in [2.75, 3.05) is 21.0 Å². The SMILES string of the molecule is COCOC1(OC)C=CC(C(=O)Cc2ccccc2)=C(O)C1C. The van der Waals surface area contributed by atoms with Crippen LogP contribution in [0.15, 0.2) is 53.8 Å². The number of carbonyl (C=O) groups is 1. The van der Waals surface area contributed by atoms with Crippen LogP contribution in [-0.2, 0) is 25.4 Å². The molecule has 0 heterocycles. The zero-order valence-electron chi connectivity index (χ0n) is 13.6. The van der Waals surface area contributed by atoms with E-state index in [4.69, 9.17) is 14.2 Å². The quantitative estimate of drug-likeness (QED) is 0.783. The standard InChI is InChI=1S/C18H22O5/c1-13-17(20)15(9-10-18(13,22-3)23-12-21-2)16(19)11-14-7-5-4-6-8-14/h4-10,13,20H,11-12H2,1-3H3. The molecule has 1 N–H and O–H groups in total. The minimum Gasteiger partial charge on any atom is -0.511 e. The van der Waals surface area contributed by atoms with E-state index in [1.54, 1.807) is 19.1 Å². The zero-order chi connectivity index (χ0) is 16.9. The summed E-state index contributed by atoms with van der Waals surface area (Å²) in [6.45, 7) is 1.76. The van der Waals surface area contributed by atoms with Gasteiger partial charge in [0.25, 0.3) is 0 Å². The highest BCUT2D eigenvalue weighted by Crippen LogP contribution is 2.36. The van der Waals surface area contributed by atoms with Gasteiger partial charge < -0.3 is 19.3 Å². The highest BCUT2D eigenvalue weighted by Gasteiger charge is 2.42. The molecule has 2 atom stereocenters. The Morgan fingerprint density at radius 1 is 1.26 bits per heavy atom. The fourth-order valence-electron chi connectivity index (χ4n) is 2.59. The van der Waals surface area contributed by atoms with E-state index in [9.17, 15) is 9.90 Å². The Kier molecular flexibility index (Phi) is 5.71. The molecular weight excluding hydrogens is 296 g/mol. The molecule has 0 aromatic heterocycles. The summed E-state index contributed by atoms with van der Waals surface area (Å²) in [5.41, 5.74) is 1.19. The summed E-state index contributed by atoms with van der Waals surface area (Å²) < 4.78 is 15.9. The van der Waals surface area contributed by atoms with E-state index in [-0.39, 0.29) is 30.3 Å². The van der Waals surface area contributed by atoms with Crippen LogP contribution in [0.2, 0.25) is 0 Å². The third-order valence-electron chi connectivity index (χ3n) is 4.00. The second-order valence-corrected chi connectivity index (χ2v) is 5.42. The van der Waals surface area contributed by atoms with E-state index < -0.39 is 11.7 Å². The third kappa shape index (κ3) is 3.69. The molecular formula is C18H22O5. The number of hydrogen-bond donors (Lipinski definition) is 1. The van der Waals surface area contributed by atoms with Gasteiger partial charge in [-0.25, -0.2) is 0 Å². The molecule has 0 saturated heterocycles. The first-order valence-electron chi connectivity index (χ1n) is 7.41. The normalized spacial score (nSPS) is 24.0. The molecule has 0 fully saturated rings. The highest BCUT2D eigenvalue weighted by molar-refractivity contribution is 6.00. The summed E-state index contributed by atoms with van der Waals surface area (Å²) in [5, 5.41) is 10.5. The number of Topliss-reactive ketones (excluding diaryl/α,β-unsaturated/α-hetero) is 1. The molecule has 124 valence electrons. The van der Waals surface area contributed by atoms with Crippen LogP contribution < -0.4 is 0 Å². The Morgan fingerprint density at radius 3 is 2.57 bits per heavy atom. The molecule has 0 bridgehead atoms. The fraction of sp³-hybridized carbons (Fsp3) is 0.389. The Labute approximate surface area is 136 Å². The Hall–Kier alpha value is -1.95. The summed E-state index contributed by atoms with van der Waals surface area (Å²) >= 11 is 0. The lowest BCUT2D eigenvalue weighted by Gasteiger charge is -2.37. The maximum Gasteiger partial charge on any atom is 0.200 e. The van der Waals surface area contributed by atoms with Gasteiger partial charge in [-0.2, -0.15) is 0 Å². The van der Waals surface area contributed by atoms with Gasteiger partial charge in [0.05, 0.1) is 11.5 Å². The van der Waals surface area contributed by atoms with Gasteiger partial charge in [0, 0.05) is 20.6 Å². The summed E-state index contributed by atoms with van der Waals surface area (Å²) in [7, 11) is 2.99. The maximum atomic E-state index is 12.5. The number of aliphatic hydroxyl groups is 1. The van der Waals surface area contributed by atoms with E-state index in [1.165, 1.54) is 14.2 Å². The predicted octanol–water partition coefficient (Wildman–Crippen LogP) is 2.78. The molecule has 1 aromatic carbocycles. The molecule has 2 rings (SSSR count). The summed E-state index contributed by atoms with van der Waals surface area (Å²) in [4.78, 5) is 12.5. The minimum atomic E-state index is -1.14. The van der Waals surface area contributed by atoms with Crippen LogP contribution in [0.4, 0.5) is 0 Å². The van der Waals surface area contributed by atoms with Crippen LogP contribution in [0.25, 0.3) is 0 Å². The molecule has 1 aliphatic carbocycles. The fourth-order valence-corrected chi connectivity index (χ4v) is 2.59. The molecule has 5 nitrogen and oxygen atoms in total. The van der Waals surface area contributed by atoms with Crippen molar-refractivity contribution in [2.45, 2.75) is 19.1 Å². The second kappa shape index (κ2) is 7.55. The number of hydrogen-bond acceptors (Lipinski definition) is 5. The number of aliphatic hydroxyl groups excluding tert-OH is 1. The molecule has 5 heteroatoms. The molecule has 0 saturated carbocycles. The van der Waals surface area contributed by atoms with Crippen LogP contribution in [0.1, 0.15) is 12.5 Å². The lowest BCUT2D eigenvalue weighted by Crippen LogP contribution is -2.43. The van der Waals surface area contributed by atoms with Gasteiger partial charge in [0.2, 0.25) is 0 Å². The van der Waals surface area contributed by atoms with E-state index >= 15 is 0 Å². The molecule has 0 spiro atoms. The van der Waals surface area contributed by atoms with Gasteiger partial charge in [-0.1, -0.05) is 30.3 Å². The predicted molar refractivity (Wildman–Crippen MR) is 85.8 cm³/mol. The van der Waals surface area contributed by atoms with Crippen molar-refractivity contribution in [1.82, 2.24) is 0 Å². The summed E-state index contributed by atoms with van der Waals surface area (Å²) in [5.74, 6) is -1.85. The average Bonchev–Trinajstić information content (AvgIpc) is 2.57. The van der Waals surface area contributed by atoms with E-state index in [0.29, 0.717) is 0 Å². The topological polar surface area (TPSA) is 65.0 Å². The van der Waals surface area contributed by atoms with Crippen molar-refractivity contribution in [3.63, 3.8) is 0 Å². The van der Waals surface area contributed by atoms with Gasteiger partial charge in [-0.05, 0) is 24.6 Å². The lowest BCUT2D eigenvalue weighted by atomic mass is 9.86. The molecule has 0 aliphatic heterocycles. The van der Waals surface area contributed by atoms with Crippen molar-refractivity contribution < 1.29 is 24.1 Å². The van der Waals surface area contributed by atoms with Gasteiger partial charge in [-0.15, -0.1) is 0 Å². The molecule has 1 aromatic rings. The lowest BCUT2D eigenvalue weighted by molar-refractivity contribution is -0.250. The van der Waals surface area contributed by atoms with Crippen LogP contribution in [0.5, 0.6) is 0 Å². The van der Waals surface area contributed by atoms with Crippen LogP contribution in [-0.4, -0.2) is 37.7 Å². The summed E-state index contributed by atoms with van der Waals surface area (Å²) in [6, 6.07) is 9.42. The Morgan fingerprint density at radius 2 is 1.96 bits per heavy atom. The van der Waals surface area contributed by atoms with Gasteiger partial charge in [-0.3, -0.25) is 4.79 Å². The number of ketones is 1. The first kappa shape index (κ1) is 17.4. The van der Waals surface area contributed by atoms with Crippen molar-refractivity contribution in [2.24, 2.45) is 5.92 Å². The molecule has 0 amide bonds. The van der Waals surface area contributed by atoms with Crippen molar-refractivity contribution in [3.8, 4) is 0 Å². The minimum absolute atomic E-state index is 0.0170. The van der Waals surface area contributed by atoms with Gasteiger partial charge in [0.1, 0.15) is 12.6 Å². The van der Waals surface area contributed by atoms with E-state index in [0.717, 1.165) is 5.56 Å². The number of allylic oxidation sites excluding steroid dienone is 2. The largest absolute Gasteiger partial charge is 0.511 e. The Balaban J connectivity index is 2.19. The second-order valence-electron chi connectivity index (χ2n) is 5.42. The smallest absolute Gasteiger partial charge is 0.200 e. The number of methoxy groups -OCH3 is 2. The first-order valence-corrected chi connectivity index (χ1v) is 7.41. The van der Waals surface area contributed by atoms with Crippen molar-refractivity contribution in [1.29, 1.82) is 0 Å². The molecule has 2 unspecified atom stereocenters. The van der Waals surface area contributed by atoms with E-state index in [1.807, 2.05) is 30.3 Å². The first-order chi connectivity index (χ1) is 11.0. The number of rotatable bonds is 7. The summed E-state index contributed by atoms with van der Waals surface area (Å²) in [6.07, 6.45) is 3.44. The average molecular weight is 318 g/mol. The molecule has 23 heavy (non-hydrogen) atoms. The van der Waals surface area contributed by atoms with Crippen LogP contribution >= 0.6 is 0 Å². The maximum absolute atomic E-state index is 12.5. The van der Waals surface area contributed by atoms with Gasteiger partial charge in [0.15, 0.2) is 11.6 Å². The molecule has 1 aliphatic rings. The monoisotopic (exact) mass is 318 g/mol. The van der Waals surface area contributed by atoms with Crippen LogP contribution in [0.3, 0.4) is 0 Å². The number of ether oxygens (including phenoxy) is 3. The van der Waals surface area contributed by atoms with Crippen molar-refractivity contribution in [3.05, 3.63) is 59.4 Å². The van der Waals surface area contributed by atoms with Crippen molar-refractivity contribution >= 4 is 5.78 Å². The van der Waals surface area contributed by atoms with E-state index in [2.05, 4.69) is 0 Å². The Bertz CT molecular complexity index is 605. The van der Waals surface area contributed by atoms with Gasteiger partial charge >= 0.3 is 0 Å². The number of carbonyl (C=O) groups excluding carboxylic acids is 1. The highest BCUT2D eigenvalue weighted by atomic mass is 16.8. The molecule has 0 radical (unpaired) electrons. The zero-order valence-corrected chi connectivity index (χ0v) is 13.6. The third-order valence-corrected chi connectivity index (χ3v) is 4.00. The van der Waals surface area contributed by atoms with Crippen LogP contribution in [0, 0.1) is 5.92 Å².